The highest BCUT2D eigenvalue weighted by molar-refractivity contribution is 5.93. The van der Waals surface area contributed by atoms with Gasteiger partial charge in [-0.2, -0.15) is 0 Å². The van der Waals surface area contributed by atoms with Crippen molar-refractivity contribution in [1.29, 1.82) is 0 Å². The van der Waals surface area contributed by atoms with Crippen LogP contribution in [0.25, 0.3) is 0 Å². The summed E-state index contributed by atoms with van der Waals surface area (Å²) in [5.41, 5.74) is -2.58. The molecule has 4 aliphatic carbocycles. The zero-order valence-electron chi connectivity index (χ0n) is 24.2. The van der Waals surface area contributed by atoms with Crippen molar-refractivity contribution in [2.24, 2.45) is 28.6 Å². The number of Topliss-reactive ketones (excluding diaryl/α,β-unsaturated/α-hetero) is 1. The summed E-state index contributed by atoms with van der Waals surface area (Å²) >= 11 is 0. The average Bonchev–Trinajstić information content (AvgIpc) is 3.21. The molecule has 0 spiro atoms. The molecular weight excluding hydrogens is 528 g/mol. The van der Waals surface area contributed by atoms with E-state index in [0.29, 0.717) is 63.4 Å². The number of ether oxygens (including phenoxy) is 1. The van der Waals surface area contributed by atoms with Gasteiger partial charge in [-0.3, -0.25) is 14.4 Å². The van der Waals surface area contributed by atoms with Gasteiger partial charge in [-0.15, -0.1) is 0 Å². The number of carbonyl (C=O) groups is 3. The number of carbonyl (C=O) groups excluding carboxylic acids is 2. The Kier molecular flexibility index (Phi) is 8.25. The molecular formula is C32H44O9. The van der Waals surface area contributed by atoms with Crippen molar-refractivity contribution >= 4 is 17.7 Å². The maximum Gasteiger partial charge on any atom is 0.335 e. The topological polar surface area (TPSA) is 151 Å². The van der Waals surface area contributed by atoms with Crippen molar-refractivity contribution < 1.29 is 38.9 Å². The lowest BCUT2D eigenvalue weighted by Gasteiger charge is -2.64. The fourth-order valence-electron chi connectivity index (χ4n) is 9.36. The third-order valence-electron chi connectivity index (χ3n) is 11.6. The van der Waals surface area contributed by atoms with Gasteiger partial charge in [-0.1, -0.05) is 19.8 Å². The van der Waals surface area contributed by atoms with Gasteiger partial charge >= 0.3 is 17.6 Å². The summed E-state index contributed by atoms with van der Waals surface area (Å²) < 4.78 is 10.9. The van der Waals surface area contributed by atoms with Crippen LogP contribution in [0.1, 0.15) is 109 Å². The summed E-state index contributed by atoms with van der Waals surface area (Å²) in [5, 5.41) is 32.7. The fraction of sp³-hybridized carbons (Fsp3) is 0.750. The Bertz CT molecular complexity index is 1200. The highest BCUT2D eigenvalue weighted by Crippen LogP contribution is 2.69. The van der Waals surface area contributed by atoms with Crippen LogP contribution >= 0.6 is 0 Å². The lowest BCUT2D eigenvalue weighted by atomic mass is 9.42. The number of unbranched alkanes of at least 4 members (excludes halogenated alkanes) is 3. The highest BCUT2D eigenvalue weighted by atomic mass is 16.5. The Morgan fingerprint density at radius 3 is 2.41 bits per heavy atom. The van der Waals surface area contributed by atoms with Crippen LogP contribution in [0.4, 0.5) is 0 Å². The normalized spacial score (nSPS) is 39.9. The number of rotatable bonds is 9. The number of hydrogen-bond acceptors (Lipinski definition) is 8. The average molecular weight is 573 g/mol. The Hall–Kier alpha value is -2.52. The zero-order valence-corrected chi connectivity index (χ0v) is 24.2. The fourth-order valence-corrected chi connectivity index (χ4v) is 9.36. The molecule has 0 bridgehead atoms. The molecule has 0 aliphatic heterocycles. The van der Waals surface area contributed by atoms with Gasteiger partial charge in [-0.05, 0) is 93.6 Å². The first-order valence-corrected chi connectivity index (χ1v) is 15.4. The SMILES string of the molecule is C[C@]12CC[C@H](OC(=O)CCCCCCC(=O)O)C[C@@H]1CC[C@H]1[C@H]2[C@H](O)C(=O)[C@]2(C)[C@@H](c3ccc(=O)oc3)CC[C@]12O. The van der Waals surface area contributed by atoms with Gasteiger partial charge in [0.05, 0.1) is 17.3 Å². The predicted molar refractivity (Wildman–Crippen MR) is 148 cm³/mol. The molecule has 9 atom stereocenters. The maximum absolute atomic E-state index is 14.1. The molecule has 9 nitrogen and oxygen atoms in total. The third-order valence-corrected chi connectivity index (χ3v) is 11.6. The van der Waals surface area contributed by atoms with Crippen molar-refractivity contribution in [2.45, 2.75) is 121 Å². The van der Waals surface area contributed by atoms with Gasteiger partial charge in [0.2, 0.25) is 0 Å². The molecule has 1 aromatic heterocycles. The Morgan fingerprint density at radius 1 is 1.00 bits per heavy atom. The van der Waals surface area contributed by atoms with Crippen LogP contribution in [-0.4, -0.2) is 50.9 Å². The summed E-state index contributed by atoms with van der Waals surface area (Å²) in [6.07, 6.45) is 7.92. The second-order valence-corrected chi connectivity index (χ2v) is 13.5. The molecule has 1 aromatic rings. The van der Waals surface area contributed by atoms with Gasteiger partial charge in [0.15, 0.2) is 5.78 Å². The molecule has 4 aliphatic rings. The lowest BCUT2D eigenvalue weighted by molar-refractivity contribution is -0.229. The van der Waals surface area contributed by atoms with E-state index in [1.807, 2.05) is 0 Å². The number of aliphatic carboxylic acids is 1. The van der Waals surface area contributed by atoms with E-state index in [2.05, 4.69) is 6.92 Å². The molecule has 4 fully saturated rings. The maximum atomic E-state index is 14.1. The van der Waals surface area contributed by atoms with Crippen LogP contribution < -0.4 is 5.63 Å². The highest BCUT2D eigenvalue weighted by Gasteiger charge is 2.73. The summed E-state index contributed by atoms with van der Waals surface area (Å²) in [6.45, 7) is 3.93. The number of ketones is 1. The summed E-state index contributed by atoms with van der Waals surface area (Å²) in [7, 11) is 0. The minimum atomic E-state index is -1.27. The van der Waals surface area contributed by atoms with Gasteiger partial charge in [0.25, 0.3) is 0 Å². The smallest absolute Gasteiger partial charge is 0.335 e. The van der Waals surface area contributed by atoms with E-state index in [1.54, 1.807) is 13.0 Å². The zero-order chi connectivity index (χ0) is 29.6. The number of aliphatic hydroxyl groups is 2. The van der Waals surface area contributed by atoms with Crippen LogP contribution in [0.15, 0.2) is 27.6 Å². The molecule has 1 heterocycles. The minimum absolute atomic E-state index is 0.151. The molecule has 3 N–H and O–H groups in total. The number of hydrogen-bond donors (Lipinski definition) is 3. The standard InChI is InChI=1S/C32H44O9/c1-30-15-13-21(41-26(36)8-6-4-3-5-7-24(33)34)17-20(30)10-11-23-27(30)28(37)29(38)31(2)22(14-16-32(23,31)39)19-9-12-25(35)40-18-19/h9,12,18,20-23,27-28,37,39H,3-8,10-11,13-17H2,1-2H3,(H,33,34)/t20-,21-,22+,23-,27-,28-,30-,31-,32-/m0/s1. The predicted octanol–water partition coefficient (Wildman–Crippen LogP) is 4.37. The van der Waals surface area contributed by atoms with Crippen molar-refractivity contribution in [1.82, 2.24) is 0 Å². The minimum Gasteiger partial charge on any atom is -0.481 e. The number of esters is 1. The molecule has 0 saturated heterocycles. The van der Waals surface area contributed by atoms with E-state index >= 15 is 0 Å². The van der Waals surface area contributed by atoms with Crippen molar-refractivity contribution in [3.63, 3.8) is 0 Å². The van der Waals surface area contributed by atoms with Crippen LogP contribution in [0.5, 0.6) is 0 Å². The number of aliphatic hydroxyl groups excluding tert-OH is 1. The van der Waals surface area contributed by atoms with E-state index in [9.17, 15) is 29.4 Å². The van der Waals surface area contributed by atoms with Crippen molar-refractivity contribution in [2.75, 3.05) is 0 Å². The van der Waals surface area contributed by atoms with E-state index in [4.69, 9.17) is 14.3 Å². The van der Waals surface area contributed by atoms with E-state index < -0.39 is 28.7 Å². The Morgan fingerprint density at radius 2 is 1.73 bits per heavy atom. The van der Waals surface area contributed by atoms with E-state index in [1.165, 1.54) is 12.3 Å². The molecule has 41 heavy (non-hydrogen) atoms. The molecule has 5 rings (SSSR count). The quantitative estimate of drug-likeness (QED) is 0.289. The van der Waals surface area contributed by atoms with Gasteiger partial charge in [0.1, 0.15) is 12.2 Å². The van der Waals surface area contributed by atoms with Crippen molar-refractivity contribution in [3.8, 4) is 0 Å². The molecule has 0 unspecified atom stereocenters. The number of carboxylic acid groups (broad SMARTS) is 1. The summed E-state index contributed by atoms with van der Waals surface area (Å²) in [5.74, 6) is -2.14. The summed E-state index contributed by atoms with van der Waals surface area (Å²) in [4.78, 5) is 48.8. The largest absolute Gasteiger partial charge is 0.481 e. The summed E-state index contributed by atoms with van der Waals surface area (Å²) in [6, 6.07) is 3.00. The lowest BCUT2D eigenvalue weighted by Crippen LogP contribution is -2.70. The van der Waals surface area contributed by atoms with Gasteiger partial charge < -0.3 is 24.5 Å². The molecule has 226 valence electrons. The molecule has 9 heteroatoms. The van der Waals surface area contributed by atoms with Crippen molar-refractivity contribution in [3.05, 3.63) is 34.4 Å². The van der Waals surface area contributed by atoms with E-state index in [-0.39, 0.29) is 53.4 Å². The third kappa shape index (κ3) is 5.07. The monoisotopic (exact) mass is 572 g/mol. The van der Waals surface area contributed by atoms with Crippen LogP contribution in [0, 0.1) is 28.6 Å². The Balaban J connectivity index is 1.25. The second kappa shape index (κ2) is 11.3. The molecule has 4 saturated carbocycles. The van der Waals surface area contributed by atoms with Gasteiger partial charge in [0, 0.05) is 30.7 Å². The molecule has 0 radical (unpaired) electrons. The molecule has 0 amide bonds. The van der Waals surface area contributed by atoms with Crippen LogP contribution in [-0.2, 0) is 19.1 Å². The Labute approximate surface area is 240 Å². The van der Waals surface area contributed by atoms with Gasteiger partial charge in [-0.25, -0.2) is 4.79 Å². The van der Waals surface area contributed by atoms with Crippen LogP contribution in [0.2, 0.25) is 0 Å². The van der Waals surface area contributed by atoms with E-state index in [0.717, 1.165) is 19.3 Å². The number of carboxylic acids is 1. The second-order valence-electron chi connectivity index (χ2n) is 13.5. The first kappa shape index (κ1) is 30.0. The number of fused-ring (bicyclic) bond motifs is 5. The first-order valence-electron chi connectivity index (χ1n) is 15.4. The molecule has 0 aromatic carbocycles. The van der Waals surface area contributed by atoms with Crippen LogP contribution in [0.3, 0.4) is 0 Å². The first-order chi connectivity index (χ1) is 19.4.